The molecule has 210 valence electrons. The summed E-state index contributed by atoms with van der Waals surface area (Å²) in [6.07, 6.45) is 6.48. The van der Waals surface area contributed by atoms with Gasteiger partial charge in [0.15, 0.2) is 5.78 Å². The van der Waals surface area contributed by atoms with Crippen LogP contribution in [0.2, 0.25) is 0 Å². The number of ketones is 2. The van der Waals surface area contributed by atoms with Crippen LogP contribution in [0.5, 0.6) is 0 Å². The SMILES string of the molecule is COC1C[C@H](/C=C(\C)[C@H](C)CC(=O)[C@@H]2CCCCN2C(=O)C(=O)C2(O)O[C@H](C)[C@@H](C)C[C@H]2C)CCC1O. The first-order chi connectivity index (χ1) is 17.4. The molecule has 0 aromatic carbocycles. The highest BCUT2D eigenvalue weighted by molar-refractivity contribution is 6.39. The Balaban J connectivity index is 1.66. The first kappa shape index (κ1) is 29.9. The van der Waals surface area contributed by atoms with E-state index in [9.17, 15) is 24.6 Å². The lowest BCUT2D eigenvalue weighted by Gasteiger charge is -2.43. The number of piperidine rings is 1. The second kappa shape index (κ2) is 12.5. The maximum absolute atomic E-state index is 13.4. The second-order valence-electron chi connectivity index (χ2n) is 11.9. The highest BCUT2D eigenvalue weighted by Gasteiger charge is 2.53. The lowest BCUT2D eigenvalue weighted by Crippen LogP contribution is -2.61. The van der Waals surface area contributed by atoms with Gasteiger partial charge < -0.3 is 24.6 Å². The number of methoxy groups -OCH3 is 1. The number of likely N-dealkylation sites (tertiary alicyclic amines) is 1. The highest BCUT2D eigenvalue weighted by atomic mass is 16.6. The van der Waals surface area contributed by atoms with Crippen molar-refractivity contribution < 1.29 is 34.1 Å². The van der Waals surface area contributed by atoms with Crippen molar-refractivity contribution in [1.29, 1.82) is 0 Å². The van der Waals surface area contributed by atoms with Crippen molar-refractivity contribution in [3.05, 3.63) is 11.6 Å². The Morgan fingerprint density at radius 3 is 2.51 bits per heavy atom. The molecule has 8 nitrogen and oxygen atoms in total. The van der Waals surface area contributed by atoms with Gasteiger partial charge in [0, 0.05) is 26.0 Å². The average molecular weight is 522 g/mol. The molecule has 9 atom stereocenters. The van der Waals surface area contributed by atoms with Crippen molar-refractivity contribution in [3.8, 4) is 0 Å². The molecule has 2 heterocycles. The number of rotatable bonds is 8. The lowest BCUT2D eigenvalue weighted by molar-refractivity contribution is -0.270. The van der Waals surface area contributed by atoms with E-state index >= 15 is 0 Å². The Bertz CT molecular complexity index is 872. The molecular formula is C29H47NO7. The lowest BCUT2D eigenvalue weighted by atomic mass is 9.81. The van der Waals surface area contributed by atoms with Crippen LogP contribution in [0.15, 0.2) is 11.6 Å². The summed E-state index contributed by atoms with van der Waals surface area (Å²) in [7, 11) is 1.62. The topological polar surface area (TPSA) is 113 Å². The van der Waals surface area contributed by atoms with Crippen molar-refractivity contribution in [3.63, 3.8) is 0 Å². The number of amides is 1. The number of Topliss-reactive ketones (excluding diaryl/α,β-unsaturated/α-hetero) is 2. The van der Waals surface area contributed by atoms with Crippen LogP contribution < -0.4 is 0 Å². The molecule has 8 heteroatoms. The Kier molecular flexibility index (Phi) is 10.1. The van der Waals surface area contributed by atoms with Gasteiger partial charge >= 0.3 is 0 Å². The van der Waals surface area contributed by atoms with Gasteiger partial charge in [-0.3, -0.25) is 14.4 Å². The first-order valence-electron chi connectivity index (χ1n) is 14.1. The molecule has 1 saturated carbocycles. The maximum atomic E-state index is 13.4. The molecule has 0 spiro atoms. The average Bonchev–Trinajstić information content (AvgIpc) is 2.87. The summed E-state index contributed by atoms with van der Waals surface area (Å²) in [5.41, 5.74) is 1.11. The molecule has 1 amide bonds. The minimum Gasteiger partial charge on any atom is -0.390 e. The van der Waals surface area contributed by atoms with Gasteiger partial charge in [0.05, 0.1) is 24.4 Å². The quantitative estimate of drug-likeness (QED) is 0.372. The minimum absolute atomic E-state index is 0.0110. The van der Waals surface area contributed by atoms with E-state index in [4.69, 9.17) is 9.47 Å². The number of hydrogen-bond donors (Lipinski definition) is 2. The van der Waals surface area contributed by atoms with Crippen molar-refractivity contribution in [2.75, 3.05) is 13.7 Å². The maximum Gasteiger partial charge on any atom is 0.296 e. The molecule has 0 radical (unpaired) electrons. The molecule has 0 aromatic rings. The van der Waals surface area contributed by atoms with Crippen LogP contribution in [-0.2, 0) is 23.9 Å². The van der Waals surface area contributed by atoms with Gasteiger partial charge in [-0.25, -0.2) is 0 Å². The standard InChI is InChI=1S/C29H47NO7/c1-17(14-22-10-11-24(31)26(16-22)36-6)18(2)15-25(32)23-9-7-8-12-30(23)28(34)27(33)29(35)20(4)13-19(3)21(5)37-29/h14,18-24,26,31,35H,7-13,15-16H2,1-6H3/b17-14+/t18-,19+,20-,21-,22+,23+,24?,26?,29?/m1/s1. The Morgan fingerprint density at radius 2 is 1.84 bits per heavy atom. The van der Waals surface area contributed by atoms with E-state index in [1.165, 1.54) is 4.90 Å². The molecule has 37 heavy (non-hydrogen) atoms. The van der Waals surface area contributed by atoms with Crippen LogP contribution >= 0.6 is 0 Å². The van der Waals surface area contributed by atoms with Crippen LogP contribution in [0.25, 0.3) is 0 Å². The van der Waals surface area contributed by atoms with Gasteiger partial charge in [-0.15, -0.1) is 0 Å². The fraction of sp³-hybridized carbons (Fsp3) is 0.828. The Hall–Kier alpha value is -1.61. The minimum atomic E-state index is -2.16. The number of carbonyl (C=O) groups excluding carboxylic acids is 3. The molecule has 0 bridgehead atoms. The monoisotopic (exact) mass is 521 g/mol. The fourth-order valence-corrected chi connectivity index (χ4v) is 6.18. The summed E-state index contributed by atoms with van der Waals surface area (Å²) in [5, 5.41) is 21.2. The van der Waals surface area contributed by atoms with E-state index < -0.39 is 35.5 Å². The van der Waals surface area contributed by atoms with E-state index in [0.29, 0.717) is 38.1 Å². The number of carbonyl (C=O) groups is 3. The van der Waals surface area contributed by atoms with Crippen molar-refractivity contribution >= 4 is 17.5 Å². The van der Waals surface area contributed by atoms with E-state index in [0.717, 1.165) is 24.8 Å². The summed E-state index contributed by atoms with van der Waals surface area (Å²) in [4.78, 5) is 41.4. The van der Waals surface area contributed by atoms with Crippen molar-refractivity contribution in [1.82, 2.24) is 4.90 Å². The normalized spacial score (nSPS) is 38.2. The third-order valence-corrected chi connectivity index (χ3v) is 9.10. The summed E-state index contributed by atoms with van der Waals surface area (Å²) < 4.78 is 11.1. The largest absolute Gasteiger partial charge is 0.390 e. The molecule has 3 aliphatic rings. The Labute approximate surface area is 221 Å². The van der Waals surface area contributed by atoms with Crippen molar-refractivity contribution in [2.24, 2.45) is 23.7 Å². The zero-order valence-electron chi connectivity index (χ0n) is 23.4. The Morgan fingerprint density at radius 1 is 1.14 bits per heavy atom. The van der Waals surface area contributed by atoms with Gasteiger partial charge in [-0.2, -0.15) is 0 Å². The van der Waals surface area contributed by atoms with E-state index in [2.05, 4.69) is 6.08 Å². The molecule has 0 aromatic heterocycles. The number of aliphatic hydroxyl groups excluding tert-OH is 1. The van der Waals surface area contributed by atoms with Crippen LogP contribution in [0.4, 0.5) is 0 Å². The zero-order chi connectivity index (χ0) is 27.5. The molecule has 3 unspecified atom stereocenters. The first-order valence-corrected chi connectivity index (χ1v) is 14.1. The molecule has 3 rings (SSSR count). The number of hydrogen-bond acceptors (Lipinski definition) is 7. The van der Waals surface area contributed by atoms with E-state index in [-0.39, 0.29) is 36.2 Å². The third-order valence-electron chi connectivity index (χ3n) is 9.10. The fourth-order valence-electron chi connectivity index (χ4n) is 6.18. The summed E-state index contributed by atoms with van der Waals surface area (Å²) in [5.74, 6) is -4.06. The smallest absolute Gasteiger partial charge is 0.296 e. The van der Waals surface area contributed by atoms with E-state index in [1.807, 2.05) is 20.8 Å². The van der Waals surface area contributed by atoms with Crippen LogP contribution in [0, 0.1) is 23.7 Å². The van der Waals surface area contributed by atoms with Gasteiger partial charge in [-0.1, -0.05) is 32.4 Å². The number of aliphatic hydroxyl groups is 2. The molecule has 3 fully saturated rings. The van der Waals surface area contributed by atoms with Gasteiger partial charge in [0.25, 0.3) is 11.7 Å². The number of nitrogens with zero attached hydrogens (tertiary/aromatic N) is 1. The zero-order valence-corrected chi connectivity index (χ0v) is 23.4. The van der Waals surface area contributed by atoms with Gasteiger partial charge in [0.2, 0.25) is 5.79 Å². The van der Waals surface area contributed by atoms with Crippen LogP contribution in [0.3, 0.4) is 0 Å². The summed E-state index contributed by atoms with van der Waals surface area (Å²) in [6.45, 7) is 9.89. The predicted molar refractivity (Wildman–Crippen MR) is 139 cm³/mol. The number of allylic oxidation sites excluding steroid dienone is 2. The molecule has 1 aliphatic carbocycles. The second-order valence-corrected chi connectivity index (χ2v) is 11.9. The molecule has 2 aliphatic heterocycles. The van der Waals surface area contributed by atoms with Crippen LogP contribution in [0.1, 0.15) is 86.0 Å². The van der Waals surface area contributed by atoms with Crippen LogP contribution in [-0.4, -0.2) is 76.4 Å². The van der Waals surface area contributed by atoms with Crippen molar-refractivity contribution in [2.45, 2.75) is 116 Å². The molecule has 2 saturated heterocycles. The summed E-state index contributed by atoms with van der Waals surface area (Å²) >= 11 is 0. The van der Waals surface area contributed by atoms with E-state index in [1.54, 1.807) is 21.0 Å². The van der Waals surface area contributed by atoms with Gasteiger partial charge in [0.1, 0.15) is 0 Å². The number of ether oxygens (including phenoxy) is 2. The van der Waals surface area contributed by atoms with Gasteiger partial charge in [-0.05, 0) is 76.5 Å². The predicted octanol–water partition coefficient (Wildman–Crippen LogP) is 3.42. The highest BCUT2D eigenvalue weighted by Crippen LogP contribution is 2.37. The summed E-state index contributed by atoms with van der Waals surface area (Å²) in [6, 6.07) is -0.665. The molecule has 2 N–H and O–H groups in total. The third kappa shape index (κ3) is 6.70. The molecular weight excluding hydrogens is 474 g/mol.